The molecule has 0 bridgehead atoms. The molecule has 0 aliphatic carbocycles. The zero-order chi connectivity index (χ0) is 14.0. The van der Waals surface area contributed by atoms with Gasteiger partial charge in [-0.3, -0.25) is 4.79 Å². The first kappa shape index (κ1) is 14.7. The Morgan fingerprint density at radius 2 is 1.83 bits per heavy atom. The minimum absolute atomic E-state index is 0.282. The molecule has 0 spiro atoms. The maximum atomic E-state index is 12.5. The largest absolute Gasteiger partial charge is 0.463 e. The van der Waals surface area contributed by atoms with Crippen LogP contribution >= 0.6 is 11.6 Å². The van der Waals surface area contributed by atoms with Crippen molar-refractivity contribution in [2.24, 2.45) is 0 Å². The first-order valence-corrected chi connectivity index (χ1v) is 4.99. The molecule has 0 heterocycles. The van der Waals surface area contributed by atoms with Gasteiger partial charge in [-0.1, -0.05) is 23.7 Å². The smallest absolute Gasteiger partial charge is 0.346 e. The highest BCUT2D eigenvalue weighted by Crippen LogP contribution is 2.35. The average molecular weight is 288 g/mol. The third-order valence-electron chi connectivity index (χ3n) is 1.98. The van der Waals surface area contributed by atoms with E-state index in [2.05, 4.69) is 0 Å². The highest BCUT2D eigenvalue weighted by molar-refractivity contribution is 6.30. The highest BCUT2D eigenvalue weighted by Gasteiger charge is 2.63. The van der Waals surface area contributed by atoms with E-state index >= 15 is 0 Å². The summed E-state index contributed by atoms with van der Waals surface area (Å²) in [7, 11) is 0. The number of amides is 1. The minimum atomic E-state index is -5.91. The van der Waals surface area contributed by atoms with Crippen LogP contribution in [-0.2, 0) is 11.3 Å². The number of rotatable bonds is 3. The molecule has 0 radical (unpaired) electrons. The van der Waals surface area contributed by atoms with Gasteiger partial charge in [0.1, 0.15) is 0 Å². The Balaban J connectivity index is 2.67. The molecule has 1 aromatic rings. The van der Waals surface area contributed by atoms with Crippen molar-refractivity contribution in [1.29, 1.82) is 0 Å². The number of hydrogen-bond donors (Lipinski definition) is 1. The van der Waals surface area contributed by atoms with Crippen molar-refractivity contribution in [1.82, 2.24) is 5.32 Å². The van der Waals surface area contributed by atoms with E-state index in [1.165, 1.54) is 29.6 Å². The van der Waals surface area contributed by atoms with Crippen LogP contribution in [0.5, 0.6) is 0 Å². The van der Waals surface area contributed by atoms with Crippen molar-refractivity contribution in [3.63, 3.8) is 0 Å². The van der Waals surface area contributed by atoms with Crippen LogP contribution in [0, 0.1) is 0 Å². The molecule has 18 heavy (non-hydrogen) atoms. The quantitative estimate of drug-likeness (QED) is 0.850. The number of carbonyl (C=O) groups excluding carboxylic acids is 1. The molecule has 2 nitrogen and oxygen atoms in total. The summed E-state index contributed by atoms with van der Waals surface area (Å²) in [6.45, 7) is -0.467. The van der Waals surface area contributed by atoms with E-state index in [0.717, 1.165) is 0 Å². The zero-order valence-electron chi connectivity index (χ0n) is 8.69. The minimum Gasteiger partial charge on any atom is -0.346 e. The van der Waals surface area contributed by atoms with E-state index in [9.17, 15) is 26.7 Å². The molecule has 0 fully saturated rings. The second-order valence-corrected chi connectivity index (χ2v) is 3.82. The molecule has 0 aliphatic heterocycles. The van der Waals surface area contributed by atoms with Gasteiger partial charge in [0.15, 0.2) is 0 Å². The van der Waals surface area contributed by atoms with Crippen LogP contribution in [0.2, 0.25) is 5.02 Å². The Hall–Kier alpha value is -1.37. The third kappa shape index (κ3) is 3.32. The standard InChI is InChI=1S/C10H7ClF5NO/c11-7-3-1-2-6(4-7)5-17-8(18)9(12,13)10(14,15)16/h1-4H,5H2,(H,17,18). The summed E-state index contributed by atoms with van der Waals surface area (Å²) in [6.07, 6.45) is -5.91. The zero-order valence-corrected chi connectivity index (χ0v) is 9.45. The average Bonchev–Trinajstić information content (AvgIpc) is 2.24. The molecular formula is C10H7ClF5NO. The van der Waals surface area contributed by atoms with E-state index in [1.807, 2.05) is 0 Å². The maximum absolute atomic E-state index is 12.5. The van der Waals surface area contributed by atoms with Crippen LogP contribution in [0.1, 0.15) is 5.56 Å². The summed E-state index contributed by atoms with van der Waals surface area (Å²) in [5.41, 5.74) is 0.314. The van der Waals surface area contributed by atoms with Gasteiger partial charge in [0.2, 0.25) is 0 Å². The summed E-state index contributed by atoms with van der Waals surface area (Å²) in [6, 6.07) is 5.74. The van der Waals surface area contributed by atoms with Crippen LogP contribution < -0.4 is 5.32 Å². The lowest BCUT2D eigenvalue weighted by molar-refractivity contribution is -0.269. The molecule has 1 N–H and O–H groups in total. The Kier molecular flexibility index (Phi) is 4.16. The summed E-state index contributed by atoms with van der Waals surface area (Å²) >= 11 is 5.58. The second-order valence-electron chi connectivity index (χ2n) is 3.38. The molecule has 1 aromatic carbocycles. The lowest BCUT2D eigenvalue weighted by atomic mass is 10.2. The van der Waals surface area contributed by atoms with Crippen molar-refractivity contribution in [3.05, 3.63) is 34.9 Å². The van der Waals surface area contributed by atoms with Gasteiger partial charge in [-0.05, 0) is 17.7 Å². The van der Waals surface area contributed by atoms with Crippen LogP contribution in [0.4, 0.5) is 22.0 Å². The van der Waals surface area contributed by atoms with Crippen molar-refractivity contribution in [2.45, 2.75) is 18.6 Å². The van der Waals surface area contributed by atoms with Crippen LogP contribution in [-0.4, -0.2) is 18.0 Å². The molecular weight excluding hydrogens is 281 g/mol. The number of hydrogen-bond acceptors (Lipinski definition) is 1. The fourth-order valence-corrected chi connectivity index (χ4v) is 1.28. The molecule has 0 unspecified atom stereocenters. The van der Waals surface area contributed by atoms with E-state index < -0.39 is 24.6 Å². The lowest BCUT2D eigenvalue weighted by Crippen LogP contribution is -2.50. The van der Waals surface area contributed by atoms with E-state index in [1.54, 1.807) is 0 Å². The highest BCUT2D eigenvalue weighted by atomic mass is 35.5. The summed E-state index contributed by atoms with van der Waals surface area (Å²) < 4.78 is 60.6. The Labute approximate surface area is 104 Å². The third-order valence-corrected chi connectivity index (χ3v) is 2.22. The predicted octanol–water partition coefficient (Wildman–Crippen LogP) is 3.15. The topological polar surface area (TPSA) is 29.1 Å². The number of halogens is 6. The fraction of sp³-hybridized carbons (Fsp3) is 0.300. The summed E-state index contributed by atoms with van der Waals surface area (Å²) in [5.74, 6) is -7.80. The molecule has 0 aliphatic rings. The van der Waals surface area contributed by atoms with E-state index in [-0.39, 0.29) is 5.02 Å². The lowest BCUT2D eigenvalue weighted by Gasteiger charge is -2.18. The van der Waals surface area contributed by atoms with Crippen LogP contribution in [0.3, 0.4) is 0 Å². The molecule has 0 atom stereocenters. The monoisotopic (exact) mass is 287 g/mol. The Morgan fingerprint density at radius 1 is 1.22 bits per heavy atom. The normalized spacial score (nSPS) is 12.3. The number of alkyl halides is 5. The molecule has 0 saturated heterocycles. The van der Waals surface area contributed by atoms with Crippen molar-refractivity contribution in [2.75, 3.05) is 0 Å². The number of carbonyl (C=O) groups is 1. The summed E-state index contributed by atoms with van der Waals surface area (Å²) in [5, 5.41) is 1.79. The number of nitrogens with one attached hydrogen (secondary N) is 1. The van der Waals surface area contributed by atoms with E-state index in [4.69, 9.17) is 11.6 Å². The predicted molar refractivity (Wildman–Crippen MR) is 54.3 cm³/mol. The van der Waals surface area contributed by atoms with Gasteiger partial charge < -0.3 is 5.32 Å². The molecule has 0 aromatic heterocycles. The van der Waals surface area contributed by atoms with Gasteiger partial charge >= 0.3 is 18.0 Å². The van der Waals surface area contributed by atoms with Gasteiger partial charge in [0.25, 0.3) is 0 Å². The second kappa shape index (κ2) is 5.09. The molecule has 0 saturated carbocycles. The van der Waals surface area contributed by atoms with Crippen LogP contribution in [0.25, 0.3) is 0 Å². The van der Waals surface area contributed by atoms with Crippen molar-refractivity contribution >= 4 is 17.5 Å². The van der Waals surface area contributed by atoms with Gasteiger partial charge in [-0.25, -0.2) is 0 Å². The van der Waals surface area contributed by atoms with Gasteiger partial charge in [0, 0.05) is 11.6 Å². The van der Waals surface area contributed by atoms with E-state index in [0.29, 0.717) is 5.56 Å². The van der Waals surface area contributed by atoms with Crippen molar-refractivity contribution in [3.8, 4) is 0 Å². The van der Waals surface area contributed by atoms with Crippen molar-refractivity contribution < 1.29 is 26.7 Å². The van der Waals surface area contributed by atoms with Crippen LogP contribution in [0.15, 0.2) is 24.3 Å². The Morgan fingerprint density at radius 3 is 2.33 bits per heavy atom. The molecule has 1 amide bonds. The Bertz CT molecular complexity index is 446. The molecule has 8 heteroatoms. The SMILES string of the molecule is O=C(NCc1cccc(Cl)c1)C(F)(F)C(F)(F)F. The number of benzene rings is 1. The molecule has 1 rings (SSSR count). The first-order chi connectivity index (χ1) is 8.14. The summed E-state index contributed by atoms with van der Waals surface area (Å²) in [4.78, 5) is 10.8. The fourth-order valence-electron chi connectivity index (χ4n) is 1.07. The maximum Gasteiger partial charge on any atom is 0.463 e. The molecule has 100 valence electrons. The van der Waals surface area contributed by atoms with Gasteiger partial charge in [-0.2, -0.15) is 22.0 Å². The van der Waals surface area contributed by atoms with Gasteiger partial charge in [0.05, 0.1) is 0 Å². The first-order valence-electron chi connectivity index (χ1n) is 4.62. The van der Waals surface area contributed by atoms with Gasteiger partial charge in [-0.15, -0.1) is 0 Å².